The van der Waals surface area contributed by atoms with Crippen LogP contribution >= 0.6 is 0 Å². The number of carbonyl (C=O) groups excluding carboxylic acids is 1. The van der Waals surface area contributed by atoms with Gasteiger partial charge in [0.25, 0.3) is 5.91 Å². The first-order valence-corrected chi connectivity index (χ1v) is 11.5. The molecule has 1 atom stereocenters. The summed E-state index contributed by atoms with van der Waals surface area (Å²) < 4.78 is 26.7. The molecule has 1 heterocycles. The van der Waals surface area contributed by atoms with Crippen LogP contribution in [0.2, 0.25) is 0 Å². The van der Waals surface area contributed by atoms with Crippen molar-refractivity contribution in [3.63, 3.8) is 0 Å². The molecule has 28 heavy (non-hydrogen) atoms. The van der Waals surface area contributed by atoms with Gasteiger partial charge in [-0.15, -0.1) is 0 Å². The average Bonchev–Trinajstić information content (AvgIpc) is 2.73. The second-order valence-corrected chi connectivity index (χ2v) is 9.23. The summed E-state index contributed by atoms with van der Waals surface area (Å²) in [6.45, 7) is 3.26. The molecule has 0 bridgehead atoms. The Morgan fingerprint density at radius 2 is 1.64 bits per heavy atom. The Kier molecular flexibility index (Phi) is 6.86. The Morgan fingerprint density at radius 1 is 1.00 bits per heavy atom. The summed E-state index contributed by atoms with van der Waals surface area (Å²) in [6.07, 6.45) is 3.75. The molecular formula is C22H28N2O3S. The van der Waals surface area contributed by atoms with Gasteiger partial charge in [0.2, 0.25) is 10.0 Å². The van der Waals surface area contributed by atoms with E-state index in [9.17, 15) is 13.2 Å². The van der Waals surface area contributed by atoms with Gasteiger partial charge < -0.3 is 5.32 Å². The summed E-state index contributed by atoms with van der Waals surface area (Å²) in [4.78, 5) is 12.6. The van der Waals surface area contributed by atoms with Gasteiger partial charge in [0.05, 0.1) is 11.8 Å². The molecule has 2 aromatic carbocycles. The van der Waals surface area contributed by atoms with Crippen LogP contribution in [0.4, 0.5) is 0 Å². The zero-order chi connectivity index (χ0) is 20.0. The predicted molar refractivity (Wildman–Crippen MR) is 111 cm³/mol. The van der Waals surface area contributed by atoms with Crippen molar-refractivity contribution < 1.29 is 13.2 Å². The van der Waals surface area contributed by atoms with Crippen molar-refractivity contribution in [2.24, 2.45) is 0 Å². The highest BCUT2D eigenvalue weighted by molar-refractivity contribution is 7.88. The van der Waals surface area contributed by atoms with E-state index in [1.54, 1.807) is 28.6 Å². The smallest absolute Gasteiger partial charge is 0.251 e. The third-order valence-corrected chi connectivity index (χ3v) is 7.04. The van der Waals surface area contributed by atoms with Crippen LogP contribution in [0, 0.1) is 0 Å². The maximum absolute atomic E-state index is 12.6. The van der Waals surface area contributed by atoms with E-state index in [1.165, 1.54) is 0 Å². The van der Waals surface area contributed by atoms with Gasteiger partial charge in [-0.25, -0.2) is 12.7 Å². The third-order valence-electron chi connectivity index (χ3n) is 5.19. The molecule has 1 saturated heterocycles. The molecule has 150 valence electrons. The van der Waals surface area contributed by atoms with Gasteiger partial charge in [0.15, 0.2) is 0 Å². The molecule has 3 rings (SSSR count). The lowest BCUT2D eigenvalue weighted by Gasteiger charge is -2.25. The Hall–Kier alpha value is -2.18. The van der Waals surface area contributed by atoms with Crippen molar-refractivity contribution in [2.45, 2.75) is 44.4 Å². The van der Waals surface area contributed by atoms with E-state index in [0.717, 1.165) is 31.2 Å². The van der Waals surface area contributed by atoms with Crippen molar-refractivity contribution in [1.82, 2.24) is 9.62 Å². The first kappa shape index (κ1) is 20.6. The van der Waals surface area contributed by atoms with Crippen LogP contribution in [0.3, 0.4) is 0 Å². The normalized spacial score (nSPS) is 16.5. The highest BCUT2D eigenvalue weighted by atomic mass is 32.2. The fraction of sp³-hybridized carbons (Fsp3) is 0.409. The summed E-state index contributed by atoms with van der Waals surface area (Å²) >= 11 is 0. The topological polar surface area (TPSA) is 66.5 Å². The minimum absolute atomic E-state index is 0.0174. The summed E-state index contributed by atoms with van der Waals surface area (Å²) in [5.41, 5.74) is 2.31. The number of sulfonamides is 1. The molecule has 5 nitrogen and oxygen atoms in total. The van der Waals surface area contributed by atoms with E-state index in [2.05, 4.69) is 5.32 Å². The second kappa shape index (κ2) is 9.34. The number of hydrogen-bond acceptors (Lipinski definition) is 3. The van der Waals surface area contributed by atoms with E-state index in [4.69, 9.17) is 0 Å². The van der Waals surface area contributed by atoms with Crippen LogP contribution in [0.15, 0.2) is 54.6 Å². The molecule has 0 spiro atoms. The van der Waals surface area contributed by atoms with Gasteiger partial charge in [0.1, 0.15) is 0 Å². The molecule has 1 aliphatic heterocycles. The first-order chi connectivity index (χ1) is 13.5. The van der Waals surface area contributed by atoms with Crippen LogP contribution < -0.4 is 5.32 Å². The van der Waals surface area contributed by atoms with Gasteiger partial charge in [-0.3, -0.25) is 4.79 Å². The standard InChI is InChI=1S/C22H28N2O3S/c1-2-21(19-9-5-3-6-10-19)23-22(25)20-13-11-18(12-14-20)17-28(26,27)24-15-7-4-8-16-24/h3,5-6,9-14,21H,2,4,7-8,15-17H2,1H3,(H,23,25). The van der Waals surface area contributed by atoms with Crippen molar-refractivity contribution in [2.75, 3.05) is 13.1 Å². The van der Waals surface area contributed by atoms with Crippen molar-refractivity contribution in [3.8, 4) is 0 Å². The average molecular weight is 401 g/mol. The summed E-state index contributed by atoms with van der Waals surface area (Å²) in [7, 11) is -3.30. The first-order valence-electron chi connectivity index (χ1n) is 9.92. The molecule has 0 aliphatic carbocycles. The molecule has 1 aliphatic rings. The highest BCUT2D eigenvalue weighted by Crippen LogP contribution is 2.19. The Labute approximate surface area is 167 Å². The van der Waals surface area contributed by atoms with Crippen molar-refractivity contribution in [3.05, 3.63) is 71.3 Å². The number of nitrogens with zero attached hydrogens (tertiary/aromatic N) is 1. The quantitative estimate of drug-likeness (QED) is 0.767. The van der Waals surface area contributed by atoms with E-state index in [-0.39, 0.29) is 17.7 Å². The van der Waals surface area contributed by atoms with Crippen LogP contribution in [0.25, 0.3) is 0 Å². The zero-order valence-electron chi connectivity index (χ0n) is 16.3. The number of hydrogen-bond donors (Lipinski definition) is 1. The van der Waals surface area contributed by atoms with E-state index < -0.39 is 10.0 Å². The zero-order valence-corrected chi connectivity index (χ0v) is 17.1. The van der Waals surface area contributed by atoms with Gasteiger partial charge >= 0.3 is 0 Å². The molecule has 1 unspecified atom stereocenters. The maximum Gasteiger partial charge on any atom is 0.251 e. The number of amides is 1. The fourth-order valence-corrected chi connectivity index (χ4v) is 5.16. The van der Waals surface area contributed by atoms with Crippen LogP contribution in [0.5, 0.6) is 0 Å². The molecule has 1 fully saturated rings. The van der Waals surface area contributed by atoms with Crippen LogP contribution in [-0.2, 0) is 15.8 Å². The summed E-state index contributed by atoms with van der Waals surface area (Å²) in [5, 5.41) is 3.05. The van der Waals surface area contributed by atoms with Crippen molar-refractivity contribution in [1.29, 1.82) is 0 Å². The fourth-order valence-electron chi connectivity index (χ4n) is 3.55. The number of carbonyl (C=O) groups is 1. The third kappa shape index (κ3) is 5.20. The number of nitrogens with one attached hydrogen (secondary N) is 1. The Bertz CT molecular complexity index is 874. The molecule has 1 amide bonds. The lowest BCUT2D eigenvalue weighted by Crippen LogP contribution is -2.36. The number of piperidine rings is 1. The Morgan fingerprint density at radius 3 is 2.25 bits per heavy atom. The summed E-state index contributed by atoms with van der Waals surface area (Å²) in [5.74, 6) is -0.169. The molecule has 2 aromatic rings. The maximum atomic E-state index is 12.6. The molecule has 6 heteroatoms. The van der Waals surface area contributed by atoms with E-state index in [0.29, 0.717) is 24.2 Å². The number of rotatable bonds is 7. The minimum atomic E-state index is -3.30. The lowest BCUT2D eigenvalue weighted by molar-refractivity contribution is 0.0935. The molecular weight excluding hydrogens is 372 g/mol. The highest BCUT2D eigenvalue weighted by Gasteiger charge is 2.24. The monoisotopic (exact) mass is 400 g/mol. The molecule has 0 radical (unpaired) electrons. The summed E-state index contributed by atoms with van der Waals surface area (Å²) in [6, 6.07) is 16.7. The number of benzene rings is 2. The SMILES string of the molecule is CCC(NC(=O)c1ccc(CS(=O)(=O)N2CCCCC2)cc1)c1ccccc1. The van der Waals surface area contributed by atoms with Gasteiger partial charge in [-0.2, -0.15) is 0 Å². The van der Waals surface area contributed by atoms with Crippen LogP contribution in [0.1, 0.15) is 60.1 Å². The molecule has 0 aromatic heterocycles. The van der Waals surface area contributed by atoms with E-state index >= 15 is 0 Å². The Balaban J connectivity index is 1.64. The molecule has 0 saturated carbocycles. The van der Waals surface area contributed by atoms with Gasteiger partial charge in [-0.1, -0.05) is 55.8 Å². The second-order valence-electron chi connectivity index (χ2n) is 7.26. The van der Waals surface area contributed by atoms with E-state index in [1.807, 2.05) is 37.3 Å². The predicted octanol–water partition coefficient (Wildman–Crippen LogP) is 3.88. The van der Waals surface area contributed by atoms with Gasteiger partial charge in [-0.05, 0) is 42.5 Å². The largest absolute Gasteiger partial charge is 0.345 e. The lowest BCUT2D eigenvalue weighted by atomic mass is 10.0. The van der Waals surface area contributed by atoms with Crippen molar-refractivity contribution >= 4 is 15.9 Å². The minimum Gasteiger partial charge on any atom is -0.345 e. The van der Waals surface area contributed by atoms with Crippen LogP contribution in [-0.4, -0.2) is 31.7 Å². The van der Waals surface area contributed by atoms with Gasteiger partial charge in [0, 0.05) is 18.7 Å². The molecule has 1 N–H and O–H groups in total.